The number of pyridine rings is 1. The number of amides is 3. The van der Waals surface area contributed by atoms with Crippen LogP contribution in [0.5, 0.6) is 5.75 Å². The maximum atomic E-state index is 13.3. The molecule has 2 aromatic carbocycles. The lowest BCUT2D eigenvalue weighted by Crippen LogP contribution is -2.45. The maximum Gasteiger partial charge on any atom is 0.485 e. The Balaban J connectivity index is 2.14. The number of carbonyl (C=O) groups excluding carboxylic acids is 2. The number of carbonyl (C=O) groups is 2. The Hall–Kier alpha value is -5.03. The second-order valence-corrected chi connectivity index (χ2v) is 8.73. The Morgan fingerprint density at radius 2 is 1.84 bits per heavy atom. The van der Waals surface area contributed by atoms with Gasteiger partial charge in [-0.2, -0.15) is 18.4 Å². The topological polar surface area (TPSA) is 173 Å². The summed E-state index contributed by atoms with van der Waals surface area (Å²) in [5.74, 6) is -0.878. The van der Waals surface area contributed by atoms with Crippen molar-refractivity contribution in [1.29, 1.82) is 5.26 Å². The number of alkyl halides is 3. The summed E-state index contributed by atoms with van der Waals surface area (Å²) in [5, 5.41) is 11.1. The van der Waals surface area contributed by atoms with E-state index >= 15 is 0 Å². The molecule has 0 fully saturated rings. The standard InChI is InChI=1S/C24H18F3N7O3S/c1-37-12-7-8-13(15(9-12)34(11-5-3-2-4-6-11)23(36)33-24(25,26)27)16-14(10-28)20(30)32-22-17(16)18(29)19(38-22)21(31)35/h2-9H,29H2,1H3,(H2,30,32)(H2,31,35)(H,33,36). The molecule has 0 spiro atoms. The van der Waals surface area contributed by atoms with Gasteiger partial charge in [-0.05, 0) is 24.3 Å². The number of benzene rings is 2. The Kier molecular flexibility index (Phi) is 6.71. The van der Waals surface area contributed by atoms with Gasteiger partial charge >= 0.3 is 12.3 Å². The molecule has 0 saturated carbocycles. The van der Waals surface area contributed by atoms with Gasteiger partial charge in [0.2, 0.25) is 0 Å². The normalized spacial score (nSPS) is 11.1. The minimum absolute atomic E-state index is 0.0481. The molecule has 0 unspecified atom stereocenters. The van der Waals surface area contributed by atoms with Crippen LogP contribution in [0, 0.1) is 11.3 Å². The van der Waals surface area contributed by atoms with E-state index in [1.165, 1.54) is 49.6 Å². The molecule has 0 saturated heterocycles. The molecule has 2 aromatic heterocycles. The number of fused-ring (bicyclic) bond motifs is 1. The number of hydrogen-bond acceptors (Lipinski definition) is 8. The van der Waals surface area contributed by atoms with Gasteiger partial charge in [0.05, 0.1) is 24.2 Å². The van der Waals surface area contributed by atoms with Crippen LogP contribution >= 0.6 is 11.3 Å². The van der Waals surface area contributed by atoms with Gasteiger partial charge in [-0.15, -0.1) is 11.3 Å². The SMILES string of the molecule is COc1ccc(-c2c(C#N)c(N)nc3sc(C(N)=O)c(N)c23)c(N(C(=O)NC(F)(F)F)c2ccccc2)c1. The molecule has 3 amide bonds. The van der Waals surface area contributed by atoms with E-state index < -0.39 is 18.2 Å². The number of primary amides is 1. The molecule has 194 valence electrons. The number of anilines is 4. The van der Waals surface area contributed by atoms with Crippen molar-refractivity contribution in [2.75, 3.05) is 23.5 Å². The Morgan fingerprint density at radius 1 is 1.16 bits per heavy atom. The molecule has 0 radical (unpaired) electrons. The molecular formula is C24H18F3N7O3S. The van der Waals surface area contributed by atoms with Crippen LogP contribution in [-0.4, -0.2) is 30.3 Å². The summed E-state index contributed by atoms with van der Waals surface area (Å²) >= 11 is 0.840. The van der Waals surface area contributed by atoms with Crippen molar-refractivity contribution in [3.63, 3.8) is 0 Å². The quantitative estimate of drug-likeness (QED) is 0.270. The maximum absolute atomic E-state index is 13.3. The first-order valence-corrected chi connectivity index (χ1v) is 11.4. The van der Waals surface area contributed by atoms with Crippen molar-refractivity contribution < 1.29 is 27.5 Å². The van der Waals surface area contributed by atoms with E-state index in [0.717, 1.165) is 21.6 Å². The van der Waals surface area contributed by atoms with Crippen molar-refractivity contribution in [3.8, 4) is 22.9 Å². The zero-order chi connectivity index (χ0) is 27.8. The number of nitrogen functional groups attached to an aromatic ring is 2. The molecule has 7 N–H and O–H groups in total. The number of thiophene rings is 1. The van der Waals surface area contributed by atoms with E-state index in [9.17, 15) is 28.0 Å². The summed E-state index contributed by atoms with van der Waals surface area (Å²) in [5.41, 5.74) is 17.6. The Labute approximate surface area is 217 Å². The zero-order valence-electron chi connectivity index (χ0n) is 19.5. The number of ether oxygens (including phenoxy) is 1. The van der Waals surface area contributed by atoms with Crippen molar-refractivity contribution in [2.24, 2.45) is 5.73 Å². The number of rotatable bonds is 5. The van der Waals surface area contributed by atoms with Crippen molar-refractivity contribution in [3.05, 3.63) is 59.0 Å². The van der Waals surface area contributed by atoms with E-state index in [2.05, 4.69) is 4.98 Å². The first-order valence-electron chi connectivity index (χ1n) is 10.6. The van der Waals surface area contributed by atoms with E-state index in [1.54, 1.807) is 6.07 Å². The fourth-order valence-corrected chi connectivity index (χ4v) is 4.85. The van der Waals surface area contributed by atoms with E-state index in [4.69, 9.17) is 21.9 Å². The summed E-state index contributed by atoms with van der Waals surface area (Å²) in [6.45, 7) is 0. The molecule has 0 aliphatic carbocycles. The molecule has 14 heteroatoms. The lowest BCUT2D eigenvalue weighted by Gasteiger charge is -2.27. The van der Waals surface area contributed by atoms with Crippen molar-refractivity contribution in [1.82, 2.24) is 10.3 Å². The van der Waals surface area contributed by atoms with Crippen LogP contribution < -0.4 is 32.2 Å². The monoisotopic (exact) mass is 541 g/mol. The van der Waals surface area contributed by atoms with E-state index in [-0.39, 0.29) is 60.4 Å². The first kappa shape index (κ1) is 26.0. The van der Waals surface area contributed by atoms with Crippen LogP contribution in [0.3, 0.4) is 0 Å². The van der Waals surface area contributed by atoms with Gasteiger partial charge in [0.25, 0.3) is 5.91 Å². The number of urea groups is 1. The number of methoxy groups -OCH3 is 1. The van der Waals surface area contributed by atoms with Gasteiger partial charge < -0.3 is 21.9 Å². The average molecular weight is 542 g/mol. The summed E-state index contributed by atoms with van der Waals surface area (Å²) < 4.78 is 45.1. The van der Waals surface area contributed by atoms with Crippen molar-refractivity contribution in [2.45, 2.75) is 6.30 Å². The van der Waals surface area contributed by atoms with Gasteiger partial charge in [0.15, 0.2) is 0 Å². The highest BCUT2D eigenvalue weighted by Crippen LogP contribution is 2.47. The lowest BCUT2D eigenvalue weighted by molar-refractivity contribution is -0.144. The van der Waals surface area contributed by atoms with E-state index in [0.29, 0.717) is 0 Å². The molecule has 10 nitrogen and oxygen atoms in total. The molecule has 4 rings (SSSR count). The molecule has 0 aliphatic rings. The number of halogens is 3. The lowest BCUT2D eigenvalue weighted by atomic mass is 9.94. The van der Waals surface area contributed by atoms with Gasteiger partial charge in [0, 0.05) is 22.6 Å². The number of para-hydroxylation sites is 1. The highest BCUT2D eigenvalue weighted by molar-refractivity contribution is 7.21. The zero-order valence-corrected chi connectivity index (χ0v) is 20.3. The molecule has 2 heterocycles. The summed E-state index contributed by atoms with van der Waals surface area (Å²) in [7, 11) is 1.33. The van der Waals surface area contributed by atoms with Crippen LogP contribution in [0.25, 0.3) is 21.3 Å². The largest absolute Gasteiger partial charge is 0.497 e. The third-order valence-electron chi connectivity index (χ3n) is 5.42. The second kappa shape index (κ2) is 9.79. The van der Waals surface area contributed by atoms with Crippen LogP contribution in [0.2, 0.25) is 0 Å². The minimum atomic E-state index is -5.05. The summed E-state index contributed by atoms with van der Waals surface area (Å²) in [6, 6.07) is 12.2. The van der Waals surface area contributed by atoms with Gasteiger partial charge in [0.1, 0.15) is 32.9 Å². The third kappa shape index (κ3) is 4.70. The predicted octanol–water partition coefficient (Wildman–Crippen LogP) is 4.47. The molecule has 38 heavy (non-hydrogen) atoms. The highest BCUT2D eigenvalue weighted by atomic mass is 32.1. The number of nitrogens with one attached hydrogen (secondary N) is 1. The molecular weight excluding hydrogens is 523 g/mol. The highest BCUT2D eigenvalue weighted by Gasteiger charge is 2.35. The van der Waals surface area contributed by atoms with Crippen LogP contribution in [-0.2, 0) is 0 Å². The molecule has 4 aromatic rings. The predicted molar refractivity (Wildman–Crippen MR) is 137 cm³/mol. The molecule has 0 bridgehead atoms. The molecule has 0 aliphatic heterocycles. The number of hydrogen-bond donors (Lipinski definition) is 4. The third-order valence-corrected chi connectivity index (χ3v) is 6.54. The first-order chi connectivity index (χ1) is 18.0. The van der Waals surface area contributed by atoms with Crippen LogP contribution in [0.1, 0.15) is 15.2 Å². The van der Waals surface area contributed by atoms with Gasteiger partial charge in [-0.25, -0.2) is 15.1 Å². The minimum Gasteiger partial charge on any atom is -0.497 e. The Morgan fingerprint density at radius 3 is 2.42 bits per heavy atom. The smallest absolute Gasteiger partial charge is 0.485 e. The number of nitriles is 1. The number of aromatic nitrogens is 1. The Bertz CT molecular complexity index is 1620. The fourth-order valence-electron chi connectivity index (χ4n) is 3.89. The van der Waals surface area contributed by atoms with Gasteiger partial charge in [-0.1, -0.05) is 18.2 Å². The average Bonchev–Trinajstić information content (AvgIpc) is 3.19. The van der Waals surface area contributed by atoms with E-state index in [1.807, 2.05) is 6.07 Å². The molecule has 0 atom stereocenters. The summed E-state index contributed by atoms with van der Waals surface area (Å²) in [6.07, 6.45) is -5.05. The van der Waals surface area contributed by atoms with Gasteiger partial charge in [-0.3, -0.25) is 9.69 Å². The fraction of sp³-hybridized carbons (Fsp3) is 0.0833. The van der Waals surface area contributed by atoms with Crippen molar-refractivity contribution >= 4 is 56.4 Å². The van der Waals surface area contributed by atoms with Crippen LogP contribution in [0.4, 0.5) is 40.8 Å². The number of nitrogens with two attached hydrogens (primary N) is 3. The second-order valence-electron chi connectivity index (χ2n) is 7.73. The summed E-state index contributed by atoms with van der Waals surface area (Å²) in [4.78, 5) is 30.1. The number of nitrogens with zero attached hydrogens (tertiary/aromatic N) is 3. The van der Waals surface area contributed by atoms with Crippen LogP contribution in [0.15, 0.2) is 48.5 Å².